The monoisotopic (exact) mass is 400 g/mol. The molecule has 0 saturated carbocycles. The predicted molar refractivity (Wildman–Crippen MR) is 108 cm³/mol. The van der Waals surface area contributed by atoms with E-state index in [-0.39, 0.29) is 24.3 Å². The van der Waals surface area contributed by atoms with Gasteiger partial charge in [-0.25, -0.2) is 4.90 Å². The van der Waals surface area contributed by atoms with Crippen molar-refractivity contribution in [3.05, 3.63) is 53.6 Å². The molecule has 7 heteroatoms. The zero-order chi connectivity index (χ0) is 19.7. The van der Waals surface area contributed by atoms with Gasteiger partial charge in [-0.15, -0.1) is 0 Å². The molecular weight excluding hydrogens is 378 g/mol. The number of imide groups is 1. The molecule has 6 nitrogen and oxygen atoms in total. The molecule has 2 amide bonds. The van der Waals surface area contributed by atoms with E-state index in [2.05, 4.69) is 4.90 Å². The Balaban J connectivity index is 1.44. The Bertz CT molecular complexity index is 879. The zero-order valence-corrected chi connectivity index (χ0v) is 16.5. The van der Waals surface area contributed by atoms with Crippen molar-refractivity contribution >= 4 is 34.8 Å². The smallest absolute Gasteiger partial charge is 0.292 e. The lowest BCUT2D eigenvalue weighted by molar-refractivity contribution is -0.915. The lowest BCUT2D eigenvalue weighted by Gasteiger charge is -2.36. The minimum Gasteiger partial charge on any atom is -0.497 e. The first kappa shape index (κ1) is 18.8. The lowest BCUT2D eigenvalue weighted by Crippen LogP contribution is -3.19. The molecule has 146 valence electrons. The molecule has 1 N–H and O–H groups in total. The van der Waals surface area contributed by atoms with Gasteiger partial charge < -0.3 is 14.5 Å². The Kier molecular flexibility index (Phi) is 5.24. The van der Waals surface area contributed by atoms with Crippen molar-refractivity contribution in [3.8, 4) is 5.75 Å². The van der Waals surface area contributed by atoms with E-state index in [4.69, 9.17) is 16.3 Å². The molecule has 2 saturated heterocycles. The molecule has 0 radical (unpaired) electrons. The van der Waals surface area contributed by atoms with Crippen molar-refractivity contribution in [2.24, 2.45) is 0 Å². The SMILES string of the molecule is COc1ccc(N2C(=O)C[C@H]([NH+]3CCN(c4ccccc4Cl)CC3)C2=O)cc1. The number of carbonyl (C=O) groups is 2. The van der Waals surface area contributed by atoms with Crippen LogP contribution in [-0.4, -0.2) is 51.1 Å². The topological polar surface area (TPSA) is 54.3 Å². The molecule has 4 rings (SSSR count). The zero-order valence-electron chi connectivity index (χ0n) is 15.7. The maximum Gasteiger partial charge on any atom is 0.292 e. The number of ether oxygens (including phenoxy) is 1. The second-order valence-electron chi connectivity index (χ2n) is 7.12. The van der Waals surface area contributed by atoms with E-state index in [0.29, 0.717) is 11.4 Å². The third-order valence-corrected chi connectivity index (χ3v) is 5.89. The Hall–Kier alpha value is -2.57. The van der Waals surface area contributed by atoms with Crippen LogP contribution < -0.4 is 19.4 Å². The van der Waals surface area contributed by atoms with Crippen LogP contribution in [0.5, 0.6) is 5.75 Å². The van der Waals surface area contributed by atoms with E-state index in [9.17, 15) is 9.59 Å². The predicted octanol–water partition coefficient (Wildman–Crippen LogP) is 1.39. The van der Waals surface area contributed by atoms with Gasteiger partial charge in [-0.05, 0) is 36.4 Å². The first-order chi connectivity index (χ1) is 13.6. The number of amides is 2. The molecule has 0 aliphatic carbocycles. The number of nitrogens with zero attached hydrogens (tertiary/aromatic N) is 2. The molecule has 0 bridgehead atoms. The highest BCUT2D eigenvalue weighted by atomic mass is 35.5. The normalized spacial score (nSPS) is 20.7. The number of piperazine rings is 1. The van der Waals surface area contributed by atoms with Crippen molar-refractivity contribution in [1.82, 2.24) is 0 Å². The highest BCUT2D eigenvalue weighted by molar-refractivity contribution is 6.33. The van der Waals surface area contributed by atoms with E-state index < -0.39 is 0 Å². The minimum atomic E-state index is -0.317. The maximum atomic E-state index is 13.0. The third kappa shape index (κ3) is 3.45. The van der Waals surface area contributed by atoms with Crippen LogP contribution in [0.1, 0.15) is 6.42 Å². The molecular formula is C21H23ClN3O3+. The van der Waals surface area contributed by atoms with Crippen LogP contribution in [0, 0.1) is 0 Å². The standard InChI is InChI=1S/C21H22ClN3O3/c1-28-16-8-6-15(7-9-16)25-20(26)14-19(21(25)27)24-12-10-23(11-13-24)18-5-3-2-4-17(18)22/h2-9,19H,10-14H2,1H3/p+1/t19-/m0/s1. The number of hydrogen-bond acceptors (Lipinski definition) is 4. The largest absolute Gasteiger partial charge is 0.497 e. The van der Waals surface area contributed by atoms with Gasteiger partial charge in [-0.2, -0.15) is 0 Å². The molecule has 2 aromatic carbocycles. The van der Waals surface area contributed by atoms with Crippen molar-refractivity contribution < 1.29 is 19.2 Å². The van der Waals surface area contributed by atoms with Crippen molar-refractivity contribution in [1.29, 1.82) is 0 Å². The second kappa shape index (κ2) is 7.81. The summed E-state index contributed by atoms with van der Waals surface area (Å²) < 4.78 is 5.15. The molecule has 0 spiro atoms. The van der Waals surface area contributed by atoms with Gasteiger partial charge in [0.1, 0.15) is 5.75 Å². The summed E-state index contributed by atoms with van der Waals surface area (Å²) in [5.74, 6) is 0.443. The lowest BCUT2D eigenvalue weighted by atomic mass is 10.1. The third-order valence-electron chi connectivity index (χ3n) is 5.57. The Morgan fingerprint density at radius 2 is 1.71 bits per heavy atom. The molecule has 2 fully saturated rings. The first-order valence-corrected chi connectivity index (χ1v) is 9.81. The van der Waals surface area contributed by atoms with E-state index in [1.807, 2.05) is 24.3 Å². The van der Waals surface area contributed by atoms with Crippen molar-refractivity contribution in [2.45, 2.75) is 12.5 Å². The second-order valence-corrected chi connectivity index (χ2v) is 7.53. The van der Waals surface area contributed by atoms with Gasteiger partial charge >= 0.3 is 0 Å². The molecule has 28 heavy (non-hydrogen) atoms. The summed E-state index contributed by atoms with van der Waals surface area (Å²) in [6.07, 6.45) is 0.256. The quantitative estimate of drug-likeness (QED) is 0.788. The van der Waals surface area contributed by atoms with Gasteiger partial charge in [0.05, 0.1) is 56.1 Å². The van der Waals surface area contributed by atoms with E-state index in [1.54, 1.807) is 31.4 Å². The highest BCUT2D eigenvalue weighted by Crippen LogP contribution is 2.26. The van der Waals surface area contributed by atoms with Gasteiger partial charge in [0.25, 0.3) is 5.91 Å². The van der Waals surface area contributed by atoms with Crippen molar-refractivity contribution in [3.63, 3.8) is 0 Å². The van der Waals surface area contributed by atoms with Gasteiger partial charge in [-0.1, -0.05) is 23.7 Å². The van der Waals surface area contributed by atoms with E-state index in [0.717, 1.165) is 41.8 Å². The van der Waals surface area contributed by atoms with Crippen LogP contribution in [0.15, 0.2) is 48.5 Å². The first-order valence-electron chi connectivity index (χ1n) is 9.43. The number of methoxy groups -OCH3 is 1. The van der Waals surface area contributed by atoms with Crippen LogP contribution in [0.3, 0.4) is 0 Å². The number of nitrogens with one attached hydrogen (secondary N) is 1. The Morgan fingerprint density at radius 3 is 2.36 bits per heavy atom. The fraction of sp³-hybridized carbons (Fsp3) is 0.333. The number of rotatable bonds is 4. The van der Waals surface area contributed by atoms with Crippen LogP contribution in [-0.2, 0) is 9.59 Å². The van der Waals surface area contributed by atoms with Crippen LogP contribution in [0.4, 0.5) is 11.4 Å². The number of quaternary nitrogens is 1. The summed E-state index contributed by atoms with van der Waals surface area (Å²) in [6.45, 7) is 3.20. The minimum absolute atomic E-state index is 0.114. The summed E-state index contributed by atoms with van der Waals surface area (Å²) in [5.41, 5.74) is 1.63. The maximum absolute atomic E-state index is 13.0. The summed E-state index contributed by atoms with van der Waals surface area (Å²) in [6, 6.07) is 14.5. The molecule has 0 aromatic heterocycles. The van der Waals surface area contributed by atoms with Crippen LogP contribution in [0.2, 0.25) is 5.02 Å². The molecule has 2 heterocycles. The number of hydrogen-bond donors (Lipinski definition) is 1. The van der Waals surface area contributed by atoms with E-state index >= 15 is 0 Å². The fourth-order valence-electron chi connectivity index (χ4n) is 4.04. The van der Waals surface area contributed by atoms with Crippen molar-refractivity contribution in [2.75, 3.05) is 43.1 Å². The van der Waals surface area contributed by atoms with Gasteiger partial charge in [0, 0.05) is 0 Å². The number of carbonyl (C=O) groups excluding carboxylic acids is 2. The van der Waals surface area contributed by atoms with Gasteiger partial charge in [0.15, 0.2) is 6.04 Å². The van der Waals surface area contributed by atoms with Crippen LogP contribution >= 0.6 is 11.6 Å². The van der Waals surface area contributed by atoms with E-state index in [1.165, 1.54) is 4.90 Å². The van der Waals surface area contributed by atoms with Gasteiger partial charge in [-0.3, -0.25) is 9.59 Å². The summed E-state index contributed by atoms with van der Waals surface area (Å²) in [7, 11) is 1.59. The summed E-state index contributed by atoms with van der Waals surface area (Å²) >= 11 is 6.31. The summed E-state index contributed by atoms with van der Waals surface area (Å²) in [4.78, 5) is 30.3. The molecule has 2 aliphatic heterocycles. The highest BCUT2D eigenvalue weighted by Gasteiger charge is 2.46. The number of halogens is 1. The van der Waals surface area contributed by atoms with Crippen LogP contribution in [0.25, 0.3) is 0 Å². The molecule has 0 unspecified atom stereocenters. The fourth-order valence-corrected chi connectivity index (χ4v) is 4.30. The average molecular weight is 401 g/mol. The number of para-hydroxylation sites is 1. The van der Waals surface area contributed by atoms with Gasteiger partial charge in [0.2, 0.25) is 5.91 Å². The molecule has 2 aliphatic rings. The Morgan fingerprint density at radius 1 is 1.04 bits per heavy atom. The average Bonchev–Trinajstić information content (AvgIpc) is 3.03. The number of anilines is 2. The number of benzene rings is 2. The Labute approximate surface area is 169 Å². The summed E-state index contributed by atoms with van der Waals surface area (Å²) in [5, 5.41) is 0.740. The molecule has 1 atom stereocenters. The molecule has 2 aromatic rings.